The van der Waals surface area contributed by atoms with Gasteiger partial charge in [0.1, 0.15) is 29.9 Å². The van der Waals surface area contributed by atoms with E-state index < -0.39 is 66.9 Å². The molecular weight excluding hydrogens is 550 g/mol. The number of carbonyl (C=O) groups excluding carboxylic acids is 3. The minimum Gasteiger partial charge on any atom is -0.508 e. The third-order valence-electron chi connectivity index (χ3n) is 6.54. The molecule has 0 aliphatic carbocycles. The number of aliphatic hydroxyl groups is 1. The van der Waals surface area contributed by atoms with E-state index in [1.165, 1.54) is 24.3 Å². The van der Waals surface area contributed by atoms with Crippen molar-refractivity contribution in [1.29, 1.82) is 0 Å². The predicted octanol–water partition coefficient (Wildman–Crippen LogP) is -0.618. The minimum absolute atomic E-state index is 0.0163. The predicted molar refractivity (Wildman–Crippen MR) is 149 cm³/mol. The molecule has 1 aromatic heterocycles. The fourth-order valence-electron chi connectivity index (χ4n) is 4.24. The van der Waals surface area contributed by atoms with Gasteiger partial charge < -0.3 is 47.1 Å². The van der Waals surface area contributed by atoms with Crippen LogP contribution in [0.3, 0.4) is 0 Å². The highest BCUT2D eigenvalue weighted by Gasteiger charge is 2.31. The smallest absolute Gasteiger partial charge is 0.326 e. The molecule has 3 rings (SSSR count). The number of phenolic OH excluding ortho intramolecular Hbond substituents is 1. The van der Waals surface area contributed by atoms with Gasteiger partial charge in [0, 0.05) is 36.4 Å². The van der Waals surface area contributed by atoms with Crippen LogP contribution in [0, 0.1) is 0 Å². The average Bonchev–Trinajstić information content (AvgIpc) is 3.37. The molecule has 4 unspecified atom stereocenters. The van der Waals surface area contributed by atoms with Gasteiger partial charge in [-0.2, -0.15) is 0 Å². The van der Waals surface area contributed by atoms with Crippen molar-refractivity contribution < 1.29 is 44.4 Å². The number of aromatic hydroxyl groups is 1. The maximum atomic E-state index is 13.5. The number of amides is 3. The van der Waals surface area contributed by atoms with E-state index in [2.05, 4.69) is 20.9 Å². The van der Waals surface area contributed by atoms with Crippen LogP contribution in [-0.2, 0) is 36.8 Å². The number of carbonyl (C=O) groups is 5. The molecule has 0 spiro atoms. The van der Waals surface area contributed by atoms with E-state index in [9.17, 15) is 39.3 Å². The van der Waals surface area contributed by atoms with Gasteiger partial charge in [-0.15, -0.1) is 0 Å². The quantitative estimate of drug-likeness (QED) is 0.110. The fourth-order valence-corrected chi connectivity index (χ4v) is 4.24. The summed E-state index contributed by atoms with van der Waals surface area (Å²) in [5.74, 6) is -5.22. The van der Waals surface area contributed by atoms with Crippen LogP contribution in [0.4, 0.5) is 0 Å². The largest absolute Gasteiger partial charge is 0.508 e. The van der Waals surface area contributed by atoms with E-state index in [-0.39, 0.29) is 25.0 Å². The maximum absolute atomic E-state index is 13.5. The summed E-state index contributed by atoms with van der Waals surface area (Å²) < 4.78 is 0. The molecule has 3 amide bonds. The van der Waals surface area contributed by atoms with E-state index in [0.717, 1.165) is 10.9 Å². The monoisotopic (exact) mass is 583 g/mol. The van der Waals surface area contributed by atoms with E-state index in [4.69, 9.17) is 10.8 Å². The average molecular weight is 584 g/mol. The van der Waals surface area contributed by atoms with Gasteiger partial charge in [-0.1, -0.05) is 30.3 Å². The zero-order valence-corrected chi connectivity index (χ0v) is 22.4. The third-order valence-corrected chi connectivity index (χ3v) is 6.54. The lowest BCUT2D eigenvalue weighted by Crippen LogP contribution is -2.58. The second-order valence-corrected chi connectivity index (χ2v) is 9.68. The maximum Gasteiger partial charge on any atom is 0.326 e. The van der Waals surface area contributed by atoms with E-state index >= 15 is 0 Å². The number of H-pyrrole nitrogens is 1. The second-order valence-electron chi connectivity index (χ2n) is 9.68. The molecule has 0 bridgehead atoms. The summed E-state index contributed by atoms with van der Waals surface area (Å²) >= 11 is 0. The van der Waals surface area contributed by atoms with Gasteiger partial charge in [0.2, 0.25) is 17.7 Å². The number of benzene rings is 2. The number of aromatic amines is 1. The molecule has 4 atom stereocenters. The van der Waals surface area contributed by atoms with Crippen LogP contribution in [0.25, 0.3) is 10.9 Å². The Kier molecular flexibility index (Phi) is 11.0. The third kappa shape index (κ3) is 8.78. The molecule has 2 aromatic carbocycles. The van der Waals surface area contributed by atoms with Crippen molar-refractivity contribution in [2.45, 2.75) is 49.9 Å². The molecule has 3 aromatic rings. The number of phenols is 1. The summed E-state index contributed by atoms with van der Waals surface area (Å²) in [5, 5.41) is 45.5. The lowest BCUT2D eigenvalue weighted by molar-refractivity contribution is -0.143. The molecular formula is C28H33N5O9. The van der Waals surface area contributed by atoms with E-state index in [1.54, 1.807) is 18.3 Å². The molecule has 0 saturated carbocycles. The zero-order valence-electron chi connectivity index (χ0n) is 22.4. The van der Waals surface area contributed by atoms with Crippen LogP contribution in [0.2, 0.25) is 0 Å². The number of nitrogens with two attached hydrogens (primary N) is 1. The number of hydrogen-bond donors (Lipinski definition) is 9. The Morgan fingerprint density at radius 1 is 0.810 bits per heavy atom. The molecule has 0 fully saturated rings. The van der Waals surface area contributed by atoms with Crippen molar-refractivity contribution >= 4 is 40.6 Å². The van der Waals surface area contributed by atoms with Gasteiger partial charge in [0.05, 0.1) is 6.61 Å². The first kappa shape index (κ1) is 31.6. The molecule has 0 saturated heterocycles. The Bertz CT molecular complexity index is 1420. The van der Waals surface area contributed by atoms with Crippen LogP contribution >= 0.6 is 0 Å². The molecule has 0 aliphatic heterocycles. The highest BCUT2D eigenvalue weighted by molar-refractivity contribution is 5.95. The van der Waals surface area contributed by atoms with Gasteiger partial charge in [-0.05, 0) is 35.7 Å². The molecule has 0 aliphatic rings. The number of nitrogens with one attached hydrogen (secondary N) is 4. The molecule has 0 radical (unpaired) electrons. The summed E-state index contributed by atoms with van der Waals surface area (Å²) in [6.45, 7) is -0.683. The van der Waals surface area contributed by atoms with Crippen molar-refractivity contribution in [3.05, 3.63) is 65.9 Å². The summed E-state index contributed by atoms with van der Waals surface area (Å²) in [5.41, 5.74) is 7.55. The van der Waals surface area contributed by atoms with Crippen molar-refractivity contribution in [3.63, 3.8) is 0 Å². The van der Waals surface area contributed by atoms with Crippen LogP contribution in [-0.4, -0.2) is 85.8 Å². The topological polar surface area (TPSA) is 244 Å². The highest BCUT2D eigenvalue weighted by Crippen LogP contribution is 2.20. The number of para-hydroxylation sites is 1. The van der Waals surface area contributed by atoms with Gasteiger partial charge in [-0.25, -0.2) is 4.79 Å². The number of fused-ring (bicyclic) bond motifs is 1. The highest BCUT2D eigenvalue weighted by atomic mass is 16.4. The minimum atomic E-state index is -1.54. The summed E-state index contributed by atoms with van der Waals surface area (Å²) in [4.78, 5) is 65.2. The van der Waals surface area contributed by atoms with Gasteiger partial charge >= 0.3 is 11.9 Å². The summed E-state index contributed by atoms with van der Waals surface area (Å²) in [6.07, 6.45) is 0.591. The first-order valence-corrected chi connectivity index (χ1v) is 13.0. The summed E-state index contributed by atoms with van der Waals surface area (Å²) in [7, 11) is 0. The number of hydrogen-bond acceptors (Lipinski definition) is 8. The fraction of sp³-hybridized carbons (Fsp3) is 0.321. The first-order chi connectivity index (χ1) is 20.0. The number of rotatable bonds is 15. The van der Waals surface area contributed by atoms with Crippen LogP contribution < -0.4 is 21.7 Å². The number of carboxylic acids is 2. The Balaban J connectivity index is 1.90. The molecule has 1 heterocycles. The van der Waals surface area contributed by atoms with Gasteiger partial charge in [0.15, 0.2) is 0 Å². The second kappa shape index (κ2) is 14.6. The van der Waals surface area contributed by atoms with E-state index in [0.29, 0.717) is 11.1 Å². The Morgan fingerprint density at radius 2 is 1.40 bits per heavy atom. The van der Waals surface area contributed by atoms with E-state index in [1.807, 2.05) is 12.1 Å². The normalized spacial score (nSPS) is 13.9. The number of aliphatic carboxylic acids is 2. The number of carboxylic acid groups (broad SMARTS) is 2. The zero-order chi connectivity index (χ0) is 30.8. The number of aliphatic hydroxyl groups excluding tert-OH is 1. The van der Waals surface area contributed by atoms with Crippen molar-refractivity contribution in [2.75, 3.05) is 6.61 Å². The lowest BCUT2D eigenvalue weighted by atomic mass is 10.0. The molecule has 224 valence electrons. The lowest BCUT2D eigenvalue weighted by Gasteiger charge is -2.25. The number of aromatic nitrogens is 1. The van der Waals surface area contributed by atoms with Gasteiger partial charge in [-0.3, -0.25) is 19.2 Å². The molecule has 10 N–H and O–H groups in total. The van der Waals surface area contributed by atoms with Crippen LogP contribution in [0.15, 0.2) is 54.7 Å². The van der Waals surface area contributed by atoms with Crippen LogP contribution in [0.1, 0.15) is 24.0 Å². The Labute approximate surface area is 239 Å². The van der Waals surface area contributed by atoms with Crippen molar-refractivity contribution in [1.82, 2.24) is 20.9 Å². The summed E-state index contributed by atoms with van der Waals surface area (Å²) in [6, 6.07) is 7.57. The molecule has 14 heteroatoms. The molecule has 42 heavy (non-hydrogen) atoms. The van der Waals surface area contributed by atoms with Gasteiger partial charge in [0.25, 0.3) is 0 Å². The first-order valence-electron chi connectivity index (χ1n) is 13.0. The SMILES string of the molecule is NC(CO)C(=O)NC(Cc1ccc(O)cc1)C(=O)NC(Cc1c[nH]c2ccccc12)C(=O)NC(CCC(=O)O)C(=O)O. The van der Waals surface area contributed by atoms with Crippen molar-refractivity contribution in [3.8, 4) is 5.75 Å². The van der Waals surface area contributed by atoms with Crippen LogP contribution in [0.5, 0.6) is 5.75 Å². The Morgan fingerprint density at radius 3 is 2.02 bits per heavy atom. The van der Waals surface area contributed by atoms with Crippen molar-refractivity contribution in [2.24, 2.45) is 5.73 Å². The molecule has 14 nitrogen and oxygen atoms in total. The Hall–Kier alpha value is -4.95. The standard InChI is InChI=1S/C28H33N5O9/c29-19(14-34)25(38)32-22(11-15-5-7-17(35)8-6-15)26(39)33-23(12-16-13-30-20-4-2-1-3-18(16)20)27(40)31-21(28(41)42)9-10-24(36)37/h1-8,13,19,21-23,30,34-35H,9-12,14,29H2,(H,31,40)(H,32,38)(H,33,39)(H,36,37)(H,41,42).